The second kappa shape index (κ2) is 8.12. The Morgan fingerprint density at radius 1 is 1.11 bits per heavy atom. The number of carbonyl (C=O) groups is 2. The third kappa shape index (κ3) is 4.39. The van der Waals surface area contributed by atoms with Crippen molar-refractivity contribution < 1.29 is 19.1 Å². The van der Waals surface area contributed by atoms with Gasteiger partial charge in [0.15, 0.2) is 0 Å². The SMILES string of the molecule is COC(=O)c1ccc(OC(C)C)c(NC(=O)N2CCc3ccccc3C2)c1. The highest BCUT2D eigenvalue weighted by atomic mass is 16.5. The molecule has 6 nitrogen and oxygen atoms in total. The van der Waals surface area contributed by atoms with E-state index in [0.717, 1.165) is 12.0 Å². The van der Waals surface area contributed by atoms with Crippen molar-refractivity contribution in [1.29, 1.82) is 0 Å². The molecule has 6 heteroatoms. The fraction of sp³-hybridized carbons (Fsp3) is 0.333. The number of carbonyl (C=O) groups excluding carboxylic acids is 2. The van der Waals surface area contributed by atoms with Gasteiger partial charge < -0.3 is 19.7 Å². The molecule has 0 saturated heterocycles. The zero-order valence-electron chi connectivity index (χ0n) is 15.8. The lowest BCUT2D eigenvalue weighted by Crippen LogP contribution is -2.39. The first-order valence-corrected chi connectivity index (χ1v) is 8.99. The average molecular weight is 368 g/mol. The molecule has 0 atom stereocenters. The minimum Gasteiger partial charge on any atom is -0.489 e. The largest absolute Gasteiger partial charge is 0.489 e. The van der Waals surface area contributed by atoms with Crippen LogP contribution in [0.3, 0.4) is 0 Å². The number of benzene rings is 2. The Hall–Kier alpha value is -3.02. The van der Waals surface area contributed by atoms with Crippen molar-refractivity contribution in [2.75, 3.05) is 19.0 Å². The van der Waals surface area contributed by atoms with Crippen LogP contribution in [-0.2, 0) is 17.7 Å². The molecule has 0 fully saturated rings. The van der Waals surface area contributed by atoms with Crippen LogP contribution in [0.2, 0.25) is 0 Å². The molecule has 1 N–H and O–H groups in total. The fourth-order valence-electron chi connectivity index (χ4n) is 3.09. The van der Waals surface area contributed by atoms with E-state index in [-0.39, 0.29) is 12.1 Å². The van der Waals surface area contributed by atoms with Gasteiger partial charge >= 0.3 is 12.0 Å². The highest BCUT2D eigenvalue weighted by Crippen LogP contribution is 2.28. The monoisotopic (exact) mass is 368 g/mol. The average Bonchev–Trinajstić information content (AvgIpc) is 2.67. The van der Waals surface area contributed by atoms with Gasteiger partial charge in [0.05, 0.1) is 24.5 Å². The molecule has 1 heterocycles. The lowest BCUT2D eigenvalue weighted by molar-refractivity contribution is 0.0600. The summed E-state index contributed by atoms with van der Waals surface area (Å²) in [6.07, 6.45) is 0.757. The van der Waals surface area contributed by atoms with Crippen molar-refractivity contribution in [3.63, 3.8) is 0 Å². The van der Waals surface area contributed by atoms with E-state index < -0.39 is 5.97 Å². The highest BCUT2D eigenvalue weighted by molar-refractivity contribution is 5.95. The van der Waals surface area contributed by atoms with Gasteiger partial charge in [-0.05, 0) is 49.6 Å². The van der Waals surface area contributed by atoms with E-state index >= 15 is 0 Å². The normalized spacial score (nSPS) is 13.1. The zero-order chi connectivity index (χ0) is 19.4. The zero-order valence-corrected chi connectivity index (χ0v) is 15.8. The first-order valence-electron chi connectivity index (χ1n) is 8.99. The minimum absolute atomic E-state index is 0.0634. The molecule has 0 bridgehead atoms. The predicted molar refractivity (Wildman–Crippen MR) is 103 cm³/mol. The summed E-state index contributed by atoms with van der Waals surface area (Å²) in [7, 11) is 1.32. The summed E-state index contributed by atoms with van der Waals surface area (Å²) in [5, 5.41) is 2.89. The lowest BCUT2D eigenvalue weighted by Gasteiger charge is -2.29. The molecule has 1 aliphatic rings. The van der Waals surface area contributed by atoms with E-state index in [1.807, 2.05) is 32.0 Å². The van der Waals surface area contributed by atoms with Crippen LogP contribution in [0.15, 0.2) is 42.5 Å². The van der Waals surface area contributed by atoms with Crippen LogP contribution >= 0.6 is 0 Å². The van der Waals surface area contributed by atoms with Gasteiger partial charge in [0, 0.05) is 13.1 Å². The van der Waals surface area contributed by atoms with Gasteiger partial charge in [0.25, 0.3) is 0 Å². The first kappa shape index (κ1) is 18.8. The van der Waals surface area contributed by atoms with Crippen LogP contribution in [0.5, 0.6) is 5.75 Å². The van der Waals surface area contributed by atoms with Crippen LogP contribution < -0.4 is 10.1 Å². The van der Waals surface area contributed by atoms with Gasteiger partial charge in [-0.25, -0.2) is 9.59 Å². The molecule has 0 radical (unpaired) electrons. The quantitative estimate of drug-likeness (QED) is 0.833. The third-order valence-electron chi connectivity index (χ3n) is 4.42. The number of fused-ring (bicyclic) bond motifs is 1. The third-order valence-corrected chi connectivity index (χ3v) is 4.42. The Kier molecular flexibility index (Phi) is 5.64. The van der Waals surface area contributed by atoms with Crippen molar-refractivity contribution in [1.82, 2.24) is 4.90 Å². The number of nitrogens with one attached hydrogen (secondary N) is 1. The minimum atomic E-state index is -0.464. The summed E-state index contributed by atoms with van der Waals surface area (Å²) in [6.45, 7) is 5.00. The molecule has 0 aromatic heterocycles. The lowest BCUT2D eigenvalue weighted by atomic mass is 10.0. The molecule has 2 amide bonds. The number of ether oxygens (including phenoxy) is 2. The van der Waals surface area contributed by atoms with Gasteiger partial charge in [0.1, 0.15) is 5.75 Å². The number of anilines is 1. The van der Waals surface area contributed by atoms with Gasteiger partial charge in [-0.1, -0.05) is 24.3 Å². The van der Waals surface area contributed by atoms with E-state index in [1.54, 1.807) is 23.1 Å². The number of methoxy groups -OCH3 is 1. The van der Waals surface area contributed by atoms with Crippen molar-refractivity contribution in [3.8, 4) is 5.75 Å². The number of hydrogen-bond acceptors (Lipinski definition) is 4. The summed E-state index contributed by atoms with van der Waals surface area (Å²) in [5.41, 5.74) is 3.24. The Labute approximate surface area is 159 Å². The fourth-order valence-corrected chi connectivity index (χ4v) is 3.09. The topological polar surface area (TPSA) is 67.9 Å². The molecule has 0 unspecified atom stereocenters. The van der Waals surface area contributed by atoms with Crippen LogP contribution in [-0.4, -0.2) is 36.7 Å². The van der Waals surface area contributed by atoms with Crippen LogP contribution in [0.25, 0.3) is 0 Å². The van der Waals surface area contributed by atoms with Gasteiger partial charge in [-0.15, -0.1) is 0 Å². The van der Waals surface area contributed by atoms with E-state index in [1.165, 1.54) is 12.7 Å². The maximum atomic E-state index is 12.8. The molecular formula is C21H24N2O4. The first-order chi connectivity index (χ1) is 13.0. The van der Waals surface area contributed by atoms with Crippen LogP contribution in [0, 0.1) is 0 Å². The van der Waals surface area contributed by atoms with E-state index in [9.17, 15) is 9.59 Å². The second-order valence-corrected chi connectivity index (χ2v) is 6.74. The van der Waals surface area contributed by atoms with Crippen molar-refractivity contribution in [2.45, 2.75) is 32.9 Å². The number of hydrogen-bond donors (Lipinski definition) is 1. The Balaban J connectivity index is 1.80. The molecule has 0 saturated carbocycles. The van der Waals surface area contributed by atoms with E-state index in [2.05, 4.69) is 11.4 Å². The molecule has 27 heavy (non-hydrogen) atoms. The maximum Gasteiger partial charge on any atom is 0.337 e. The summed E-state index contributed by atoms with van der Waals surface area (Å²) >= 11 is 0. The number of rotatable bonds is 4. The van der Waals surface area contributed by atoms with Crippen molar-refractivity contribution in [2.24, 2.45) is 0 Å². The second-order valence-electron chi connectivity index (χ2n) is 6.74. The summed E-state index contributed by atoms with van der Waals surface area (Å²) in [6, 6.07) is 12.8. The molecule has 0 aliphatic carbocycles. The van der Waals surface area contributed by atoms with E-state index in [4.69, 9.17) is 9.47 Å². The molecule has 142 valence electrons. The molecule has 3 rings (SSSR count). The van der Waals surface area contributed by atoms with E-state index in [0.29, 0.717) is 30.1 Å². The smallest absolute Gasteiger partial charge is 0.337 e. The Morgan fingerprint density at radius 3 is 2.56 bits per heavy atom. The summed E-state index contributed by atoms with van der Waals surface area (Å²) < 4.78 is 10.5. The summed E-state index contributed by atoms with van der Waals surface area (Å²) in [4.78, 5) is 26.4. The van der Waals surface area contributed by atoms with Gasteiger partial charge in [0.2, 0.25) is 0 Å². The molecule has 2 aromatic carbocycles. The van der Waals surface area contributed by atoms with Gasteiger partial charge in [-0.2, -0.15) is 0 Å². The van der Waals surface area contributed by atoms with Gasteiger partial charge in [-0.3, -0.25) is 0 Å². The molecule has 2 aromatic rings. The van der Waals surface area contributed by atoms with Crippen LogP contribution in [0.1, 0.15) is 35.3 Å². The summed E-state index contributed by atoms with van der Waals surface area (Å²) in [5.74, 6) is 0.0527. The van der Waals surface area contributed by atoms with Crippen molar-refractivity contribution >= 4 is 17.7 Å². The predicted octanol–water partition coefficient (Wildman–Crippen LogP) is 3.85. The molecular weight excluding hydrogens is 344 g/mol. The Morgan fingerprint density at radius 2 is 1.85 bits per heavy atom. The Bertz CT molecular complexity index is 848. The molecule has 0 spiro atoms. The highest BCUT2D eigenvalue weighted by Gasteiger charge is 2.22. The number of urea groups is 1. The number of esters is 1. The van der Waals surface area contributed by atoms with Crippen molar-refractivity contribution in [3.05, 3.63) is 59.2 Å². The maximum absolute atomic E-state index is 12.8. The number of nitrogens with zero attached hydrogens (tertiary/aromatic N) is 1. The van der Waals surface area contributed by atoms with Crippen LogP contribution in [0.4, 0.5) is 10.5 Å². The molecule has 1 aliphatic heterocycles. The standard InChI is InChI=1S/C21H24N2O4/c1-14(2)27-19-9-8-16(20(24)26-3)12-18(19)22-21(25)23-11-10-15-6-4-5-7-17(15)13-23/h4-9,12,14H,10-11,13H2,1-3H3,(H,22,25). The number of amides is 2.